The molecule has 6 nitrogen and oxygen atoms in total. The van der Waals surface area contributed by atoms with Gasteiger partial charge in [0.25, 0.3) is 5.91 Å². The van der Waals surface area contributed by atoms with E-state index in [1.165, 1.54) is 11.1 Å². The average Bonchev–Trinajstić information content (AvgIpc) is 2.95. The summed E-state index contributed by atoms with van der Waals surface area (Å²) in [6, 6.07) is -0.448. The fraction of sp³-hybridized carbons (Fsp3) is 0.571. The summed E-state index contributed by atoms with van der Waals surface area (Å²) in [6.07, 6.45) is 2.90. The van der Waals surface area contributed by atoms with Gasteiger partial charge in [-0.15, -0.1) is 0 Å². The molecule has 0 spiro atoms. The van der Waals surface area contributed by atoms with Crippen molar-refractivity contribution in [3.05, 3.63) is 22.7 Å². The van der Waals surface area contributed by atoms with Crippen LogP contribution in [0.4, 0.5) is 0 Å². The van der Waals surface area contributed by atoms with Gasteiger partial charge in [0, 0.05) is 19.5 Å². The quantitative estimate of drug-likeness (QED) is 0.920. The number of amides is 2. The van der Waals surface area contributed by atoms with E-state index in [1.807, 2.05) is 13.8 Å². The Morgan fingerprint density at radius 2 is 2.19 bits per heavy atom. The molecule has 1 aliphatic heterocycles. The van der Waals surface area contributed by atoms with E-state index < -0.39 is 6.04 Å². The van der Waals surface area contributed by atoms with Gasteiger partial charge in [0.05, 0.1) is 11.2 Å². The van der Waals surface area contributed by atoms with Crippen LogP contribution >= 0.6 is 11.6 Å². The van der Waals surface area contributed by atoms with Crippen molar-refractivity contribution >= 4 is 23.4 Å². The molecule has 1 aromatic heterocycles. The predicted molar refractivity (Wildman–Crippen MR) is 79.3 cm³/mol. The summed E-state index contributed by atoms with van der Waals surface area (Å²) in [5.74, 6) is 0.200. The summed E-state index contributed by atoms with van der Waals surface area (Å²) in [5, 5.41) is 2.80. The molecule has 0 saturated carbocycles. The molecule has 7 heteroatoms. The monoisotopic (exact) mass is 310 g/mol. The molecule has 1 N–H and O–H groups in total. The van der Waals surface area contributed by atoms with Crippen LogP contribution in [0.2, 0.25) is 5.02 Å². The van der Waals surface area contributed by atoms with Crippen molar-refractivity contribution in [2.45, 2.75) is 38.6 Å². The normalized spacial score (nSPS) is 18.1. The van der Waals surface area contributed by atoms with Gasteiger partial charge in [-0.1, -0.05) is 25.4 Å². The molecule has 0 radical (unpaired) electrons. The lowest BCUT2D eigenvalue weighted by atomic mass is 10.2. The maximum atomic E-state index is 12.6. The highest BCUT2D eigenvalue weighted by Gasteiger charge is 2.35. The Morgan fingerprint density at radius 1 is 1.48 bits per heavy atom. The van der Waals surface area contributed by atoms with Crippen LogP contribution in [0, 0.1) is 0 Å². The van der Waals surface area contributed by atoms with Gasteiger partial charge in [-0.25, -0.2) is 9.97 Å². The van der Waals surface area contributed by atoms with Crippen molar-refractivity contribution in [2.24, 2.45) is 0 Å². The van der Waals surface area contributed by atoms with Crippen LogP contribution in [0.3, 0.4) is 0 Å². The molecule has 2 amide bonds. The van der Waals surface area contributed by atoms with Crippen LogP contribution in [0.25, 0.3) is 0 Å². The maximum absolute atomic E-state index is 12.6. The van der Waals surface area contributed by atoms with Crippen molar-refractivity contribution < 1.29 is 9.59 Å². The number of likely N-dealkylation sites (tertiary alicyclic amines) is 1. The zero-order valence-corrected chi connectivity index (χ0v) is 13.1. The van der Waals surface area contributed by atoms with Crippen LogP contribution in [-0.2, 0) is 4.79 Å². The van der Waals surface area contributed by atoms with E-state index in [1.54, 1.807) is 7.05 Å². The Balaban J connectivity index is 2.31. The summed E-state index contributed by atoms with van der Waals surface area (Å²) in [7, 11) is 1.57. The number of halogens is 1. The Labute approximate surface area is 128 Å². The van der Waals surface area contributed by atoms with Gasteiger partial charge in [0.15, 0.2) is 5.69 Å². The molecule has 1 atom stereocenters. The zero-order chi connectivity index (χ0) is 15.6. The molecule has 2 heterocycles. The van der Waals surface area contributed by atoms with Crippen molar-refractivity contribution in [1.82, 2.24) is 20.2 Å². The highest BCUT2D eigenvalue weighted by Crippen LogP contribution is 2.23. The van der Waals surface area contributed by atoms with Crippen LogP contribution in [-0.4, -0.2) is 46.3 Å². The molecule has 2 rings (SSSR count). The first-order valence-electron chi connectivity index (χ1n) is 7.00. The summed E-state index contributed by atoms with van der Waals surface area (Å²) >= 11 is 6.06. The second-order valence-electron chi connectivity index (χ2n) is 5.35. The van der Waals surface area contributed by atoms with E-state index >= 15 is 0 Å². The summed E-state index contributed by atoms with van der Waals surface area (Å²) in [5.41, 5.74) is 0.172. The fourth-order valence-corrected chi connectivity index (χ4v) is 2.57. The topological polar surface area (TPSA) is 75.2 Å². The molecule has 114 valence electrons. The minimum absolute atomic E-state index is 0.0992. The Kier molecular flexibility index (Phi) is 4.77. The molecule has 21 heavy (non-hydrogen) atoms. The Hall–Kier alpha value is -1.69. The number of hydrogen-bond donors (Lipinski definition) is 1. The van der Waals surface area contributed by atoms with E-state index in [0.717, 1.165) is 6.42 Å². The second-order valence-corrected chi connectivity index (χ2v) is 5.76. The van der Waals surface area contributed by atoms with E-state index in [4.69, 9.17) is 11.6 Å². The molecule has 1 aromatic rings. The number of aromatic nitrogens is 2. The highest BCUT2D eigenvalue weighted by molar-refractivity contribution is 6.33. The first kappa shape index (κ1) is 15.7. The van der Waals surface area contributed by atoms with E-state index in [-0.39, 0.29) is 28.4 Å². The van der Waals surface area contributed by atoms with Crippen LogP contribution in [0.1, 0.15) is 48.9 Å². The minimum atomic E-state index is -0.448. The second kappa shape index (κ2) is 6.39. The van der Waals surface area contributed by atoms with Crippen LogP contribution in [0.5, 0.6) is 0 Å². The Morgan fingerprint density at radius 3 is 2.81 bits per heavy atom. The average molecular weight is 311 g/mol. The Bertz CT molecular complexity index is 562. The van der Waals surface area contributed by atoms with Crippen molar-refractivity contribution in [1.29, 1.82) is 0 Å². The highest BCUT2D eigenvalue weighted by atomic mass is 35.5. The predicted octanol–water partition coefficient (Wildman–Crippen LogP) is 1.60. The molecular formula is C14H19ClN4O2. The largest absolute Gasteiger partial charge is 0.357 e. The number of nitrogens with zero attached hydrogens (tertiary/aromatic N) is 3. The van der Waals surface area contributed by atoms with Crippen molar-refractivity contribution in [2.75, 3.05) is 13.6 Å². The third-order valence-electron chi connectivity index (χ3n) is 3.54. The number of hydrogen-bond acceptors (Lipinski definition) is 4. The molecule has 0 bridgehead atoms. The number of carbonyl (C=O) groups is 2. The van der Waals surface area contributed by atoms with Crippen LogP contribution < -0.4 is 5.32 Å². The first-order valence-corrected chi connectivity index (χ1v) is 7.38. The zero-order valence-electron chi connectivity index (χ0n) is 12.4. The van der Waals surface area contributed by atoms with Gasteiger partial charge in [0.2, 0.25) is 5.91 Å². The van der Waals surface area contributed by atoms with E-state index in [0.29, 0.717) is 18.8 Å². The summed E-state index contributed by atoms with van der Waals surface area (Å²) in [6.45, 7) is 4.43. The maximum Gasteiger partial charge on any atom is 0.274 e. The van der Waals surface area contributed by atoms with Gasteiger partial charge >= 0.3 is 0 Å². The third kappa shape index (κ3) is 3.15. The molecular weight excluding hydrogens is 292 g/mol. The number of nitrogens with one attached hydrogen (secondary N) is 1. The minimum Gasteiger partial charge on any atom is -0.357 e. The van der Waals surface area contributed by atoms with Crippen LogP contribution in [0.15, 0.2) is 6.20 Å². The SMILES string of the molecule is CNC(=O)C1CCCN1C(=O)c1nc(C(C)C)ncc1Cl. The molecule has 0 aliphatic carbocycles. The third-order valence-corrected chi connectivity index (χ3v) is 3.82. The fourth-order valence-electron chi connectivity index (χ4n) is 2.39. The van der Waals surface area contributed by atoms with Gasteiger partial charge in [-0.05, 0) is 12.8 Å². The van der Waals surface area contributed by atoms with Gasteiger partial charge in [-0.3, -0.25) is 9.59 Å². The summed E-state index contributed by atoms with van der Waals surface area (Å²) < 4.78 is 0. The lowest BCUT2D eigenvalue weighted by Gasteiger charge is -2.23. The molecule has 0 aromatic carbocycles. The number of rotatable bonds is 3. The molecule has 1 aliphatic rings. The van der Waals surface area contributed by atoms with Gasteiger partial charge < -0.3 is 10.2 Å². The van der Waals surface area contributed by atoms with Crippen molar-refractivity contribution in [3.8, 4) is 0 Å². The standard InChI is InChI=1S/C14H19ClN4O2/c1-8(2)12-17-7-9(15)11(18-12)14(21)19-6-4-5-10(19)13(20)16-3/h7-8,10H,4-6H2,1-3H3,(H,16,20). The van der Waals surface area contributed by atoms with E-state index in [2.05, 4.69) is 15.3 Å². The molecule has 1 fully saturated rings. The van der Waals surface area contributed by atoms with Gasteiger partial charge in [0.1, 0.15) is 11.9 Å². The van der Waals surface area contributed by atoms with Crippen molar-refractivity contribution in [3.63, 3.8) is 0 Å². The molecule has 1 saturated heterocycles. The lowest BCUT2D eigenvalue weighted by Crippen LogP contribution is -2.45. The number of carbonyl (C=O) groups excluding carboxylic acids is 2. The molecule has 1 unspecified atom stereocenters. The lowest BCUT2D eigenvalue weighted by molar-refractivity contribution is -0.124. The van der Waals surface area contributed by atoms with E-state index in [9.17, 15) is 9.59 Å². The number of likely N-dealkylation sites (N-methyl/N-ethyl adjacent to an activating group) is 1. The smallest absolute Gasteiger partial charge is 0.274 e. The first-order chi connectivity index (χ1) is 9.95. The summed E-state index contributed by atoms with van der Waals surface area (Å²) in [4.78, 5) is 34.4. The van der Waals surface area contributed by atoms with Gasteiger partial charge in [-0.2, -0.15) is 0 Å².